The number of halogens is 1. The second kappa shape index (κ2) is 6.46. The number of nitrogens with one attached hydrogen (secondary N) is 1. The van der Waals surface area contributed by atoms with Gasteiger partial charge in [0.05, 0.1) is 10.4 Å². The molecule has 4 nitrogen and oxygen atoms in total. The van der Waals surface area contributed by atoms with E-state index in [4.69, 9.17) is 16.3 Å². The number of hydrogen-bond acceptors (Lipinski definition) is 3. The SMILES string of the molecule is O=C(Nc1ccc(Cl)cn1)C1(c2ccccc2)CCOCC1. The Hall–Kier alpha value is -1.91. The quantitative estimate of drug-likeness (QED) is 0.944. The average molecular weight is 317 g/mol. The van der Waals surface area contributed by atoms with Gasteiger partial charge in [0.1, 0.15) is 5.82 Å². The van der Waals surface area contributed by atoms with E-state index in [0.717, 1.165) is 5.56 Å². The topological polar surface area (TPSA) is 51.2 Å². The van der Waals surface area contributed by atoms with Gasteiger partial charge in [0.2, 0.25) is 5.91 Å². The molecule has 0 saturated carbocycles. The van der Waals surface area contributed by atoms with Gasteiger partial charge in [-0.3, -0.25) is 4.79 Å². The molecular weight excluding hydrogens is 300 g/mol. The molecule has 1 aromatic carbocycles. The van der Waals surface area contributed by atoms with Crippen molar-refractivity contribution in [3.05, 3.63) is 59.2 Å². The molecule has 3 rings (SSSR count). The molecule has 2 heterocycles. The van der Waals surface area contributed by atoms with Crippen LogP contribution in [-0.2, 0) is 14.9 Å². The molecule has 0 bridgehead atoms. The van der Waals surface area contributed by atoms with Gasteiger partial charge in [0.25, 0.3) is 0 Å². The first kappa shape index (κ1) is 15.0. The third-order valence-electron chi connectivity index (χ3n) is 4.08. The summed E-state index contributed by atoms with van der Waals surface area (Å²) in [4.78, 5) is 17.1. The first-order chi connectivity index (χ1) is 10.7. The molecule has 0 radical (unpaired) electrons. The van der Waals surface area contributed by atoms with Crippen molar-refractivity contribution >= 4 is 23.3 Å². The van der Waals surface area contributed by atoms with Gasteiger partial charge in [-0.05, 0) is 30.5 Å². The number of amides is 1. The summed E-state index contributed by atoms with van der Waals surface area (Å²) in [6, 6.07) is 13.3. The van der Waals surface area contributed by atoms with Gasteiger partial charge in [-0.15, -0.1) is 0 Å². The molecule has 22 heavy (non-hydrogen) atoms. The summed E-state index contributed by atoms with van der Waals surface area (Å²) >= 11 is 5.83. The van der Waals surface area contributed by atoms with Crippen LogP contribution in [0.1, 0.15) is 18.4 Å². The van der Waals surface area contributed by atoms with Gasteiger partial charge in [-0.1, -0.05) is 41.9 Å². The van der Waals surface area contributed by atoms with Crippen LogP contribution in [0.2, 0.25) is 5.02 Å². The van der Waals surface area contributed by atoms with Crippen LogP contribution in [-0.4, -0.2) is 24.1 Å². The lowest BCUT2D eigenvalue weighted by Crippen LogP contribution is -2.44. The molecule has 114 valence electrons. The van der Waals surface area contributed by atoms with Crippen LogP contribution in [0.25, 0.3) is 0 Å². The monoisotopic (exact) mass is 316 g/mol. The summed E-state index contributed by atoms with van der Waals surface area (Å²) in [5.41, 5.74) is 0.450. The van der Waals surface area contributed by atoms with Gasteiger partial charge in [-0.25, -0.2) is 4.98 Å². The van der Waals surface area contributed by atoms with Gasteiger partial charge in [-0.2, -0.15) is 0 Å². The number of anilines is 1. The van der Waals surface area contributed by atoms with E-state index in [1.165, 1.54) is 6.20 Å². The van der Waals surface area contributed by atoms with Crippen molar-refractivity contribution in [2.75, 3.05) is 18.5 Å². The lowest BCUT2D eigenvalue weighted by atomic mass is 9.73. The van der Waals surface area contributed by atoms with E-state index in [9.17, 15) is 4.79 Å². The predicted octanol–water partition coefficient (Wildman–Crippen LogP) is 3.42. The largest absolute Gasteiger partial charge is 0.381 e. The molecule has 1 saturated heterocycles. The third kappa shape index (κ3) is 2.98. The van der Waals surface area contributed by atoms with Crippen molar-refractivity contribution in [1.29, 1.82) is 0 Å². The Labute approximate surface area is 134 Å². The fourth-order valence-corrected chi connectivity index (χ4v) is 2.92. The number of ether oxygens (including phenoxy) is 1. The normalized spacial score (nSPS) is 17.0. The number of hydrogen-bond donors (Lipinski definition) is 1. The zero-order chi connectivity index (χ0) is 15.4. The number of nitrogens with zero attached hydrogens (tertiary/aromatic N) is 1. The Bertz CT molecular complexity index is 637. The second-order valence-corrected chi connectivity index (χ2v) is 5.81. The standard InChI is InChI=1S/C17H17ClN2O2/c18-14-6-7-15(19-12-14)20-16(21)17(8-10-22-11-9-17)13-4-2-1-3-5-13/h1-7,12H,8-11H2,(H,19,20,21). The molecule has 1 aliphatic heterocycles. The number of benzene rings is 1. The van der Waals surface area contributed by atoms with E-state index in [0.29, 0.717) is 36.9 Å². The molecule has 1 fully saturated rings. The van der Waals surface area contributed by atoms with Crippen LogP contribution in [0.3, 0.4) is 0 Å². The van der Waals surface area contributed by atoms with Gasteiger partial charge in [0.15, 0.2) is 0 Å². The number of carbonyl (C=O) groups excluding carboxylic acids is 1. The fourth-order valence-electron chi connectivity index (χ4n) is 2.81. The van der Waals surface area contributed by atoms with E-state index in [2.05, 4.69) is 10.3 Å². The predicted molar refractivity (Wildman–Crippen MR) is 86.0 cm³/mol. The highest BCUT2D eigenvalue weighted by atomic mass is 35.5. The third-order valence-corrected chi connectivity index (χ3v) is 4.30. The summed E-state index contributed by atoms with van der Waals surface area (Å²) in [6.45, 7) is 1.16. The highest BCUT2D eigenvalue weighted by molar-refractivity contribution is 6.30. The zero-order valence-corrected chi connectivity index (χ0v) is 12.8. The Morgan fingerprint density at radius 3 is 2.50 bits per heavy atom. The molecular formula is C17H17ClN2O2. The minimum absolute atomic E-state index is 0.0446. The van der Waals surface area contributed by atoms with Gasteiger partial charge < -0.3 is 10.1 Å². The van der Waals surface area contributed by atoms with Crippen LogP contribution >= 0.6 is 11.6 Å². The molecule has 0 aliphatic carbocycles. The van der Waals surface area contributed by atoms with Crippen LogP contribution in [0.4, 0.5) is 5.82 Å². The number of pyridine rings is 1. The lowest BCUT2D eigenvalue weighted by molar-refractivity contribution is -0.125. The summed E-state index contributed by atoms with van der Waals surface area (Å²) in [7, 11) is 0. The Kier molecular flexibility index (Phi) is 4.41. The minimum atomic E-state index is -0.569. The Balaban J connectivity index is 1.89. The van der Waals surface area contributed by atoms with Crippen molar-refractivity contribution < 1.29 is 9.53 Å². The van der Waals surface area contributed by atoms with Crippen molar-refractivity contribution in [3.8, 4) is 0 Å². The highest BCUT2D eigenvalue weighted by Gasteiger charge is 2.41. The maximum absolute atomic E-state index is 12.9. The van der Waals surface area contributed by atoms with Crippen molar-refractivity contribution in [2.24, 2.45) is 0 Å². The van der Waals surface area contributed by atoms with E-state index in [1.54, 1.807) is 12.1 Å². The first-order valence-corrected chi connectivity index (χ1v) is 7.65. The summed E-state index contributed by atoms with van der Waals surface area (Å²) < 4.78 is 5.45. The van der Waals surface area contributed by atoms with Gasteiger partial charge in [0, 0.05) is 19.4 Å². The average Bonchev–Trinajstić information content (AvgIpc) is 2.58. The zero-order valence-electron chi connectivity index (χ0n) is 12.1. The molecule has 0 unspecified atom stereocenters. The molecule has 1 amide bonds. The molecule has 5 heteroatoms. The van der Waals surface area contributed by atoms with E-state index in [-0.39, 0.29) is 5.91 Å². The number of rotatable bonds is 3. The summed E-state index contributed by atoms with van der Waals surface area (Å²) in [5.74, 6) is 0.466. The first-order valence-electron chi connectivity index (χ1n) is 7.27. The molecule has 1 aliphatic rings. The second-order valence-electron chi connectivity index (χ2n) is 5.38. The molecule has 1 aromatic heterocycles. The molecule has 0 spiro atoms. The maximum Gasteiger partial charge on any atom is 0.236 e. The summed E-state index contributed by atoms with van der Waals surface area (Å²) in [6.07, 6.45) is 2.85. The Morgan fingerprint density at radius 1 is 1.14 bits per heavy atom. The van der Waals surface area contributed by atoms with Crippen LogP contribution in [0, 0.1) is 0 Å². The lowest BCUT2D eigenvalue weighted by Gasteiger charge is -2.36. The number of aromatic nitrogens is 1. The van der Waals surface area contributed by atoms with Crippen molar-refractivity contribution in [1.82, 2.24) is 4.98 Å². The van der Waals surface area contributed by atoms with Crippen LogP contribution in [0.15, 0.2) is 48.7 Å². The smallest absolute Gasteiger partial charge is 0.236 e. The van der Waals surface area contributed by atoms with Gasteiger partial charge >= 0.3 is 0 Å². The number of carbonyl (C=O) groups is 1. The Morgan fingerprint density at radius 2 is 1.86 bits per heavy atom. The summed E-state index contributed by atoms with van der Waals surface area (Å²) in [5, 5.41) is 3.46. The van der Waals surface area contributed by atoms with Crippen LogP contribution in [0.5, 0.6) is 0 Å². The highest BCUT2D eigenvalue weighted by Crippen LogP contribution is 2.36. The van der Waals surface area contributed by atoms with Crippen LogP contribution < -0.4 is 5.32 Å². The molecule has 2 aromatic rings. The van der Waals surface area contributed by atoms with Crippen molar-refractivity contribution in [2.45, 2.75) is 18.3 Å². The van der Waals surface area contributed by atoms with E-state index in [1.807, 2.05) is 30.3 Å². The maximum atomic E-state index is 12.9. The van der Waals surface area contributed by atoms with Crippen molar-refractivity contribution in [3.63, 3.8) is 0 Å². The van der Waals surface area contributed by atoms with E-state index >= 15 is 0 Å². The minimum Gasteiger partial charge on any atom is -0.381 e. The fraction of sp³-hybridized carbons (Fsp3) is 0.294. The molecule has 1 N–H and O–H groups in total. The van der Waals surface area contributed by atoms with E-state index < -0.39 is 5.41 Å². The molecule has 0 atom stereocenters.